The molecule has 0 bridgehead atoms. The highest BCUT2D eigenvalue weighted by Gasteiger charge is 2.23. The minimum atomic E-state index is 0.451. The molecule has 21 heavy (non-hydrogen) atoms. The summed E-state index contributed by atoms with van der Waals surface area (Å²) in [5.74, 6) is 1.87. The quantitative estimate of drug-likeness (QED) is 0.886. The van der Waals surface area contributed by atoms with Crippen LogP contribution in [0.1, 0.15) is 42.8 Å². The van der Waals surface area contributed by atoms with Crippen molar-refractivity contribution in [2.24, 2.45) is 0 Å². The Morgan fingerprint density at radius 2 is 2.33 bits per heavy atom. The van der Waals surface area contributed by atoms with Crippen LogP contribution in [-0.2, 0) is 19.6 Å². The fraction of sp³-hybridized carbons (Fsp3) is 0.500. The number of hydrogen-bond donors (Lipinski definition) is 1. The van der Waals surface area contributed by atoms with Crippen molar-refractivity contribution in [1.29, 1.82) is 0 Å². The fourth-order valence-electron chi connectivity index (χ4n) is 3.00. The lowest BCUT2D eigenvalue weighted by molar-refractivity contribution is 0.283. The first-order valence-electron chi connectivity index (χ1n) is 7.62. The minimum Gasteiger partial charge on any atom is -0.485 e. The van der Waals surface area contributed by atoms with Crippen molar-refractivity contribution < 1.29 is 4.74 Å². The highest BCUT2D eigenvalue weighted by Crippen LogP contribution is 2.36. The molecule has 3 rings (SSSR count). The number of nitrogens with zero attached hydrogens (tertiary/aromatic N) is 3. The van der Waals surface area contributed by atoms with E-state index >= 15 is 0 Å². The van der Waals surface area contributed by atoms with Gasteiger partial charge in [0.05, 0.1) is 0 Å². The maximum atomic E-state index is 6.02. The van der Waals surface area contributed by atoms with Gasteiger partial charge in [-0.25, -0.2) is 9.67 Å². The Bertz CT molecular complexity index is 608. The largest absolute Gasteiger partial charge is 0.485 e. The predicted molar refractivity (Wildman–Crippen MR) is 81.2 cm³/mol. The van der Waals surface area contributed by atoms with Crippen LogP contribution in [0.5, 0.6) is 5.75 Å². The summed E-state index contributed by atoms with van der Waals surface area (Å²) in [6.45, 7) is 3.49. The lowest BCUT2D eigenvalue weighted by Gasteiger charge is -2.13. The van der Waals surface area contributed by atoms with Crippen molar-refractivity contribution in [2.75, 3.05) is 7.05 Å². The topological polar surface area (TPSA) is 52.0 Å². The first-order valence-corrected chi connectivity index (χ1v) is 7.62. The highest BCUT2D eigenvalue weighted by atomic mass is 16.5. The van der Waals surface area contributed by atoms with Gasteiger partial charge in [-0.15, -0.1) is 0 Å². The Kier molecular flexibility index (Phi) is 4.20. The normalized spacial score (nSPS) is 17.0. The van der Waals surface area contributed by atoms with Crippen LogP contribution >= 0.6 is 0 Å². The van der Waals surface area contributed by atoms with E-state index < -0.39 is 0 Å². The number of nitrogens with one attached hydrogen (secondary N) is 1. The molecule has 0 aliphatic heterocycles. The summed E-state index contributed by atoms with van der Waals surface area (Å²) in [6, 6.07) is 6.76. The molecule has 1 aromatic heterocycles. The van der Waals surface area contributed by atoms with E-state index in [9.17, 15) is 0 Å². The smallest absolute Gasteiger partial charge is 0.164 e. The number of rotatable bonds is 6. The molecular formula is C16H22N4O. The van der Waals surface area contributed by atoms with E-state index in [0.29, 0.717) is 12.6 Å². The number of fused-ring (bicyclic) bond motifs is 1. The van der Waals surface area contributed by atoms with Gasteiger partial charge in [0.2, 0.25) is 0 Å². The second-order valence-electron chi connectivity index (χ2n) is 5.39. The van der Waals surface area contributed by atoms with E-state index in [0.717, 1.165) is 37.4 Å². The van der Waals surface area contributed by atoms with Gasteiger partial charge < -0.3 is 10.1 Å². The molecule has 1 aliphatic carbocycles. The molecule has 1 heterocycles. The minimum absolute atomic E-state index is 0.451. The summed E-state index contributed by atoms with van der Waals surface area (Å²) >= 11 is 0. The third-order valence-corrected chi connectivity index (χ3v) is 4.06. The third kappa shape index (κ3) is 2.78. The van der Waals surface area contributed by atoms with Crippen LogP contribution in [0, 0.1) is 0 Å². The predicted octanol–water partition coefficient (Wildman–Crippen LogP) is 2.47. The molecule has 2 aromatic rings. The van der Waals surface area contributed by atoms with Crippen LogP contribution in [0.3, 0.4) is 0 Å². The molecule has 1 N–H and O–H groups in total. The van der Waals surface area contributed by atoms with Crippen LogP contribution in [0.2, 0.25) is 0 Å². The standard InChI is InChI=1S/C16H22N4O/c1-3-9-20-16(18-11-19-20)10-21-15-6-4-5-12-13(15)7-8-14(12)17-2/h4-6,11,14,17H,3,7-10H2,1-2H3. The summed E-state index contributed by atoms with van der Waals surface area (Å²) in [5, 5.41) is 7.59. The van der Waals surface area contributed by atoms with Crippen LogP contribution < -0.4 is 10.1 Å². The van der Waals surface area contributed by atoms with Crippen LogP contribution in [0.15, 0.2) is 24.5 Å². The number of aromatic nitrogens is 3. The molecule has 112 valence electrons. The van der Waals surface area contributed by atoms with Crippen molar-refractivity contribution in [3.05, 3.63) is 41.5 Å². The van der Waals surface area contributed by atoms with Gasteiger partial charge in [0, 0.05) is 12.6 Å². The Morgan fingerprint density at radius 3 is 3.14 bits per heavy atom. The monoisotopic (exact) mass is 286 g/mol. The Balaban J connectivity index is 1.74. The molecule has 1 atom stereocenters. The van der Waals surface area contributed by atoms with Crippen molar-refractivity contribution in [2.45, 2.75) is 45.4 Å². The third-order valence-electron chi connectivity index (χ3n) is 4.06. The molecule has 0 radical (unpaired) electrons. The van der Waals surface area contributed by atoms with Gasteiger partial charge >= 0.3 is 0 Å². The van der Waals surface area contributed by atoms with Crippen molar-refractivity contribution in [1.82, 2.24) is 20.1 Å². The average molecular weight is 286 g/mol. The van der Waals surface area contributed by atoms with Gasteiger partial charge in [-0.2, -0.15) is 5.10 Å². The summed E-state index contributed by atoms with van der Waals surface area (Å²) in [5.41, 5.74) is 2.70. The number of hydrogen-bond acceptors (Lipinski definition) is 4. The van der Waals surface area contributed by atoms with Gasteiger partial charge in [-0.1, -0.05) is 19.1 Å². The summed E-state index contributed by atoms with van der Waals surface area (Å²) in [4.78, 5) is 4.29. The zero-order chi connectivity index (χ0) is 14.7. The van der Waals surface area contributed by atoms with Gasteiger partial charge in [0.15, 0.2) is 5.82 Å². The Morgan fingerprint density at radius 1 is 1.43 bits per heavy atom. The average Bonchev–Trinajstić information content (AvgIpc) is 3.12. The highest BCUT2D eigenvalue weighted by molar-refractivity contribution is 5.45. The zero-order valence-electron chi connectivity index (χ0n) is 12.7. The second-order valence-corrected chi connectivity index (χ2v) is 5.39. The van der Waals surface area contributed by atoms with Gasteiger partial charge in [0.1, 0.15) is 18.7 Å². The molecule has 1 aromatic carbocycles. The van der Waals surface area contributed by atoms with E-state index in [1.807, 2.05) is 11.7 Å². The van der Waals surface area contributed by atoms with Crippen LogP contribution in [-0.4, -0.2) is 21.8 Å². The molecular weight excluding hydrogens is 264 g/mol. The first-order chi connectivity index (χ1) is 10.3. The Labute approximate surface area is 125 Å². The zero-order valence-corrected chi connectivity index (χ0v) is 12.7. The lowest BCUT2D eigenvalue weighted by Crippen LogP contribution is -2.12. The molecule has 0 amide bonds. The Hall–Kier alpha value is -1.88. The maximum Gasteiger partial charge on any atom is 0.164 e. The van der Waals surface area contributed by atoms with E-state index in [2.05, 4.69) is 40.5 Å². The SMILES string of the molecule is CCCn1ncnc1COc1cccc2c1CCC2NC. The summed E-state index contributed by atoms with van der Waals surface area (Å²) in [6.07, 6.45) is 4.85. The number of aryl methyl sites for hydroxylation is 1. The lowest BCUT2D eigenvalue weighted by atomic mass is 10.1. The summed E-state index contributed by atoms with van der Waals surface area (Å²) < 4.78 is 7.94. The molecule has 5 heteroatoms. The van der Waals surface area contributed by atoms with Gasteiger partial charge in [-0.05, 0) is 43.5 Å². The van der Waals surface area contributed by atoms with Crippen molar-refractivity contribution >= 4 is 0 Å². The molecule has 0 saturated carbocycles. The molecule has 0 spiro atoms. The van der Waals surface area contributed by atoms with E-state index in [1.165, 1.54) is 11.1 Å². The fourth-order valence-corrected chi connectivity index (χ4v) is 3.00. The van der Waals surface area contributed by atoms with Crippen LogP contribution in [0.25, 0.3) is 0 Å². The summed E-state index contributed by atoms with van der Waals surface area (Å²) in [7, 11) is 2.01. The second kappa shape index (κ2) is 6.26. The van der Waals surface area contributed by atoms with Crippen molar-refractivity contribution in [3.8, 4) is 5.75 Å². The van der Waals surface area contributed by atoms with Crippen LogP contribution in [0.4, 0.5) is 0 Å². The van der Waals surface area contributed by atoms with Crippen molar-refractivity contribution in [3.63, 3.8) is 0 Å². The van der Waals surface area contributed by atoms with Gasteiger partial charge in [0.25, 0.3) is 0 Å². The number of benzene rings is 1. The first kappa shape index (κ1) is 14.1. The van der Waals surface area contributed by atoms with Gasteiger partial charge in [-0.3, -0.25) is 0 Å². The maximum absolute atomic E-state index is 6.02. The molecule has 5 nitrogen and oxygen atoms in total. The molecule has 0 saturated heterocycles. The molecule has 1 unspecified atom stereocenters. The van der Waals surface area contributed by atoms with E-state index in [-0.39, 0.29) is 0 Å². The molecule has 0 fully saturated rings. The number of ether oxygens (including phenoxy) is 1. The van der Waals surface area contributed by atoms with E-state index in [4.69, 9.17) is 4.74 Å². The van der Waals surface area contributed by atoms with E-state index in [1.54, 1.807) is 6.33 Å². The molecule has 1 aliphatic rings.